The molecule has 1 aliphatic heterocycles. The van der Waals surface area contributed by atoms with E-state index in [1.54, 1.807) is 0 Å². The third-order valence-electron chi connectivity index (χ3n) is 11.2. The van der Waals surface area contributed by atoms with Crippen molar-refractivity contribution in [1.29, 1.82) is 0 Å². The number of hydrogen-bond donors (Lipinski definition) is 0. The van der Waals surface area contributed by atoms with Gasteiger partial charge in [-0.15, -0.1) is 0 Å². The molecule has 0 saturated carbocycles. The van der Waals surface area contributed by atoms with Gasteiger partial charge in [0.05, 0.1) is 34.0 Å². The number of hydrogen-bond acceptors (Lipinski definition) is 1. The van der Waals surface area contributed by atoms with Crippen molar-refractivity contribution in [2.45, 2.75) is 0 Å². The smallest absolute Gasteiger partial charge is 0.188 e. The van der Waals surface area contributed by atoms with Crippen LogP contribution in [0.25, 0.3) is 59.8 Å². The summed E-state index contributed by atoms with van der Waals surface area (Å²) in [5.74, 6) is 1.85. The first-order chi connectivity index (χ1) is 26.8. The quantitative estimate of drug-likeness (QED) is 0.132. The Kier molecular flexibility index (Phi) is 6.60. The number of aromatic nitrogens is 2. The molecule has 4 nitrogen and oxygen atoms in total. The summed E-state index contributed by atoms with van der Waals surface area (Å²) in [5.41, 5.74) is 7.15. The van der Waals surface area contributed by atoms with Crippen LogP contribution in [-0.4, -0.2) is 17.2 Å². The highest BCUT2D eigenvalue weighted by molar-refractivity contribution is 7.20. The molecule has 252 valence electrons. The van der Waals surface area contributed by atoms with E-state index >= 15 is 0 Å². The van der Waals surface area contributed by atoms with E-state index in [-0.39, 0.29) is 0 Å². The number of nitrogens with zero attached hydrogens (tertiary/aromatic N) is 3. The molecule has 54 heavy (non-hydrogen) atoms. The van der Waals surface area contributed by atoms with Gasteiger partial charge in [-0.3, -0.25) is 0 Å². The lowest BCUT2D eigenvalue weighted by Crippen LogP contribution is -2.76. The standard InChI is InChI=1S/C49H31N3OSi/c1-50-33-25-27-42-39(31-33)40-32-35(26-28-43(40)51(42)34-15-5-2-6-16-34)52-41-22-12-11-21-38(41)48-44(52)29-30-47-49(48)53-45-23-13-14-24-46(45)54(47,36-17-7-3-8-18-36)37-19-9-4-10-20-37/h2-32H. The lowest BCUT2D eigenvalue weighted by Gasteiger charge is -2.39. The lowest BCUT2D eigenvalue weighted by molar-refractivity contribution is 0.493. The van der Waals surface area contributed by atoms with Gasteiger partial charge in [-0.1, -0.05) is 127 Å². The highest BCUT2D eigenvalue weighted by Gasteiger charge is 2.48. The van der Waals surface area contributed by atoms with Crippen LogP contribution in [0, 0.1) is 6.57 Å². The molecule has 0 atom stereocenters. The van der Waals surface area contributed by atoms with Crippen LogP contribution in [0.1, 0.15) is 0 Å². The predicted molar refractivity (Wildman–Crippen MR) is 225 cm³/mol. The molecule has 0 unspecified atom stereocenters. The van der Waals surface area contributed by atoms with E-state index < -0.39 is 8.07 Å². The summed E-state index contributed by atoms with van der Waals surface area (Å²) in [4.78, 5) is 3.80. The van der Waals surface area contributed by atoms with Gasteiger partial charge >= 0.3 is 0 Å². The molecule has 10 aromatic rings. The second-order valence-electron chi connectivity index (χ2n) is 14.0. The summed E-state index contributed by atoms with van der Waals surface area (Å²) >= 11 is 0. The monoisotopic (exact) mass is 705 g/mol. The van der Waals surface area contributed by atoms with Crippen LogP contribution in [0.3, 0.4) is 0 Å². The van der Waals surface area contributed by atoms with Crippen molar-refractivity contribution in [2.75, 3.05) is 0 Å². The minimum atomic E-state index is -2.82. The molecular formula is C49H31N3OSi. The van der Waals surface area contributed by atoms with E-state index in [2.05, 4.69) is 184 Å². The zero-order valence-corrected chi connectivity index (χ0v) is 30.1. The molecule has 5 heteroatoms. The van der Waals surface area contributed by atoms with Gasteiger partial charge in [-0.25, -0.2) is 4.85 Å². The fourth-order valence-corrected chi connectivity index (χ4v) is 14.0. The Bertz CT molecular complexity index is 3100. The average Bonchev–Trinajstić information content (AvgIpc) is 3.76. The van der Waals surface area contributed by atoms with Crippen LogP contribution < -0.4 is 25.5 Å². The summed E-state index contributed by atoms with van der Waals surface area (Å²) in [6.07, 6.45) is 0. The van der Waals surface area contributed by atoms with E-state index in [1.165, 1.54) is 20.7 Å². The van der Waals surface area contributed by atoms with Gasteiger partial charge in [0.2, 0.25) is 0 Å². The fraction of sp³-hybridized carbons (Fsp3) is 0. The lowest BCUT2D eigenvalue weighted by atomic mass is 10.1. The first-order valence-corrected chi connectivity index (χ1v) is 20.2. The number of fused-ring (bicyclic) bond motifs is 9. The Labute approximate surface area is 313 Å². The Hall–Kier alpha value is -7.13. The normalized spacial score (nSPS) is 13.1. The first kappa shape index (κ1) is 30.5. The molecule has 0 bridgehead atoms. The number of rotatable bonds is 4. The molecule has 1 aliphatic rings. The number of para-hydroxylation sites is 3. The molecule has 0 fully saturated rings. The molecule has 3 heterocycles. The molecule has 11 rings (SSSR count). The van der Waals surface area contributed by atoms with Crippen LogP contribution >= 0.6 is 0 Å². The zero-order valence-electron chi connectivity index (χ0n) is 29.1. The molecule has 0 aliphatic carbocycles. The maximum atomic E-state index is 7.80. The van der Waals surface area contributed by atoms with Gasteiger partial charge in [-0.05, 0) is 86.8 Å². The Morgan fingerprint density at radius 3 is 1.76 bits per heavy atom. The highest BCUT2D eigenvalue weighted by Crippen LogP contribution is 2.43. The minimum absolute atomic E-state index is 0.630. The van der Waals surface area contributed by atoms with Crippen LogP contribution in [0.4, 0.5) is 5.69 Å². The predicted octanol–water partition coefficient (Wildman–Crippen LogP) is 9.91. The van der Waals surface area contributed by atoms with Gasteiger partial charge in [0.15, 0.2) is 13.8 Å². The summed E-state index contributed by atoms with van der Waals surface area (Å²) in [6.45, 7) is 7.80. The van der Waals surface area contributed by atoms with Gasteiger partial charge in [-0.2, -0.15) is 0 Å². The van der Waals surface area contributed by atoms with Crippen molar-refractivity contribution < 1.29 is 4.74 Å². The maximum absolute atomic E-state index is 7.80. The Morgan fingerprint density at radius 1 is 0.444 bits per heavy atom. The second kappa shape index (κ2) is 11.7. The van der Waals surface area contributed by atoms with Crippen molar-refractivity contribution >= 4 is 78.1 Å². The molecule has 0 saturated heterocycles. The third-order valence-corrected chi connectivity index (χ3v) is 16.1. The largest absolute Gasteiger partial charge is 0.457 e. The fourth-order valence-electron chi connectivity index (χ4n) is 9.06. The molecule has 8 aromatic carbocycles. The summed E-state index contributed by atoms with van der Waals surface area (Å²) in [6, 6.07) is 67.3. The molecule has 0 spiro atoms. The summed E-state index contributed by atoms with van der Waals surface area (Å²) in [5, 5.41) is 9.59. The van der Waals surface area contributed by atoms with E-state index in [1.807, 2.05) is 18.2 Å². The maximum Gasteiger partial charge on any atom is 0.188 e. The SMILES string of the molecule is [C-]#[N+]c1ccc2c(c1)c1cc(-n3c4ccccc4c4c5c(ccc43)[Si](c3ccccc3)(c3ccccc3)c3ccccc3O5)ccc1n2-c1ccccc1. The molecule has 0 N–H and O–H groups in total. The second-order valence-corrected chi connectivity index (χ2v) is 17.7. The Balaban J connectivity index is 1.23. The van der Waals surface area contributed by atoms with E-state index in [0.717, 1.165) is 66.5 Å². The van der Waals surface area contributed by atoms with Crippen molar-refractivity contribution in [2.24, 2.45) is 0 Å². The van der Waals surface area contributed by atoms with Gasteiger partial charge in [0, 0.05) is 22.1 Å². The van der Waals surface area contributed by atoms with Crippen molar-refractivity contribution in [1.82, 2.24) is 9.13 Å². The van der Waals surface area contributed by atoms with Crippen LogP contribution in [0.2, 0.25) is 0 Å². The number of benzene rings is 8. The molecule has 0 radical (unpaired) electrons. The molecule has 0 amide bonds. The van der Waals surface area contributed by atoms with Crippen molar-refractivity contribution in [3.8, 4) is 22.9 Å². The van der Waals surface area contributed by atoms with Crippen LogP contribution in [-0.2, 0) is 0 Å². The van der Waals surface area contributed by atoms with Gasteiger partial charge in [0.1, 0.15) is 11.5 Å². The zero-order chi connectivity index (χ0) is 35.8. The van der Waals surface area contributed by atoms with Crippen LogP contribution in [0.5, 0.6) is 11.5 Å². The first-order valence-electron chi connectivity index (χ1n) is 18.2. The van der Waals surface area contributed by atoms with Crippen molar-refractivity contribution in [3.05, 3.63) is 199 Å². The van der Waals surface area contributed by atoms with Gasteiger partial charge < -0.3 is 13.9 Å². The van der Waals surface area contributed by atoms with E-state index in [0.29, 0.717) is 5.69 Å². The van der Waals surface area contributed by atoms with E-state index in [9.17, 15) is 0 Å². The van der Waals surface area contributed by atoms with Gasteiger partial charge in [0.25, 0.3) is 0 Å². The number of ether oxygens (including phenoxy) is 1. The molecule has 2 aromatic heterocycles. The summed E-state index contributed by atoms with van der Waals surface area (Å²) < 4.78 is 11.8. The van der Waals surface area contributed by atoms with E-state index in [4.69, 9.17) is 11.3 Å². The summed E-state index contributed by atoms with van der Waals surface area (Å²) in [7, 11) is -2.82. The topological polar surface area (TPSA) is 23.4 Å². The third kappa shape index (κ3) is 4.17. The minimum Gasteiger partial charge on any atom is -0.457 e. The highest BCUT2D eigenvalue weighted by atomic mass is 28.3. The Morgan fingerprint density at radius 2 is 1.02 bits per heavy atom. The molecular weight excluding hydrogens is 675 g/mol. The van der Waals surface area contributed by atoms with Crippen LogP contribution in [0.15, 0.2) is 188 Å². The average molecular weight is 706 g/mol. The van der Waals surface area contributed by atoms with Crippen molar-refractivity contribution in [3.63, 3.8) is 0 Å².